The molecular formula is C15H21FN2O. The van der Waals surface area contributed by atoms with E-state index in [1.807, 2.05) is 29.7 Å². The van der Waals surface area contributed by atoms with Gasteiger partial charge in [0.2, 0.25) is 5.91 Å². The molecule has 0 radical (unpaired) electrons. The minimum absolute atomic E-state index is 0.0833. The highest BCUT2D eigenvalue weighted by Crippen LogP contribution is 2.20. The van der Waals surface area contributed by atoms with Crippen molar-refractivity contribution in [1.82, 2.24) is 4.90 Å². The number of amides is 1. The lowest BCUT2D eigenvalue weighted by Crippen LogP contribution is -2.50. The average Bonchev–Trinajstić information content (AvgIpc) is 2.46. The first-order valence-electron chi connectivity index (χ1n) is 6.91. The van der Waals surface area contributed by atoms with Crippen LogP contribution in [0.15, 0.2) is 24.3 Å². The molecule has 0 aliphatic carbocycles. The third kappa shape index (κ3) is 3.06. The van der Waals surface area contributed by atoms with Crippen LogP contribution in [0.1, 0.15) is 20.3 Å². The summed E-state index contributed by atoms with van der Waals surface area (Å²) in [4.78, 5) is 16.0. The van der Waals surface area contributed by atoms with Gasteiger partial charge in [0.25, 0.3) is 0 Å². The Morgan fingerprint density at radius 1 is 1.26 bits per heavy atom. The van der Waals surface area contributed by atoms with E-state index in [9.17, 15) is 9.18 Å². The zero-order valence-electron chi connectivity index (χ0n) is 11.6. The highest BCUT2D eigenvalue weighted by Gasteiger charge is 2.24. The number of rotatable bonds is 3. The van der Waals surface area contributed by atoms with Crippen LogP contribution in [-0.2, 0) is 4.79 Å². The number of piperazine rings is 1. The summed E-state index contributed by atoms with van der Waals surface area (Å²) in [6.45, 7) is 6.74. The maximum absolute atomic E-state index is 13.7. The molecule has 0 bridgehead atoms. The molecule has 1 heterocycles. The molecule has 1 aliphatic heterocycles. The maximum Gasteiger partial charge on any atom is 0.225 e. The first-order chi connectivity index (χ1) is 9.13. The first-order valence-corrected chi connectivity index (χ1v) is 6.91. The molecule has 1 aliphatic rings. The van der Waals surface area contributed by atoms with Crippen molar-refractivity contribution in [3.8, 4) is 0 Å². The van der Waals surface area contributed by atoms with Crippen molar-refractivity contribution in [2.24, 2.45) is 5.92 Å². The van der Waals surface area contributed by atoms with Crippen LogP contribution in [0.3, 0.4) is 0 Å². The van der Waals surface area contributed by atoms with Gasteiger partial charge >= 0.3 is 0 Å². The number of hydrogen-bond donors (Lipinski definition) is 0. The van der Waals surface area contributed by atoms with Gasteiger partial charge in [-0.1, -0.05) is 26.0 Å². The Morgan fingerprint density at radius 3 is 2.47 bits per heavy atom. The van der Waals surface area contributed by atoms with Gasteiger partial charge in [-0.05, 0) is 18.6 Å². The number of anilines is 1. The lowest BCUT2D eigenvalue weighted by molar-refractivity contribution is -0.135. The highest BCUT2D eigenvalue weighted by molar-refractivity contribution is 5.78. The first kappa shape index (κ1) is 13.8. The molecule has 1 fully saturated rings. The summed E-state index contributed by atoms with van der Waals surface area (Å²) < 4.78 is 13.7. The van der Waals surface area contributed by atoms with Gasteiger partial charge < -0.3 is 9.80 Å². The maximum atomic E-state index is 13.7. The molecule has 1 aromatic carbocycles. The lowest BCUT2D eigenvalue weighted by Gasteiger charge is -2.37. The van der Waals surface area contributed by atoms with Crippen LogP contribution in [0.2, 0.25) is 0 Å². The monoisotopic (exact) mass is 264 g/mol. The molecule has 19 heavy (non-hydrogen) atoms. The van der Waals surface area contributed by atoms with Gasteiger partial charge in [-0.25, -0.2) is 4.39 Å². The second kappa shape index (κ2) is 6.04. The molecule has 0 aromatic heterocycles. The van der Waals surface area contributed by atoms with E-state index in [1.165, 1.54) is 6.07 Å². The molecule has 1 amide bonds. The van der Waals surface area contributed by atoms with Crippen molar-refractivity contribution in [3.63, 3.8) is 0 Å². The predicted octanol–water partition coefficient (Wildman–Crippen LogP) is 2.52. The minimum Gasteiger partial charge on any atom is -0.366 e. The number of carbonyl (C=O) groups is 1. The fourth-order valence-electron chi connectivity index (χ4n) is 2.36. The van der Waals surface area contributed by atoms with E-state index >= 15 is 0 Å². The molecule has 0 saturated carbocycles. The van der Waals surface area contributed by atoms with Gasteiger partial charge in [0.15, 0.2) is 0 Å². The number of carbonyl (C=O) groups excluding carboxylic acids is 1. The van der Waals surface area contributed by atoms with E-state index in [-0.39, 0.29) is 17.6 Å². The van der Waals surface area contributed by atoms with E-state index < -0.39 is 0 Å². The van der Waals surface area contributed by atoms with Crippen molar-refractivity contribution < 1.29 is 9.18 Å². The van der Waals surface area contributed by atoms with Crippen LogP contribution in [0.4, 0.5) is 10.1 Å². The van der Waals surface area contributed by atoms with Gasteiger partial charge in [0.1, 0.15) is 5.82 Å². The molecule has 1 atom stereocenters. The Hall–Kier alpha value is -1.58. The summed E-state index contributed by atoms with van der Waals surface area (Å²) in [5.74, 6) is 0.111. The number of benzene rings is 1. The molecule has 2 rings (SSSR count). The van der Waals surface area contributed by atoms with E-state index in [4.69, 9.17) is 0 Å². The van der Waals surface area contributed by atoms with E-state index in [2.05, 4.69) is 0 Å². The van der Waals surface area contributed by atoms with Crippen molar-refractivity contribution in [3.05, 3.63) is 30.1 Å². The fraction of sp³-hybridized carbons (Fsp3) is 0.533. The number of halogens is 1. The summed E-state index contributed by atoms with van der Waals surface area (Å²) in [7, 11) is 0. The van der Waals surface area contributed by atoms with Gasteiger partial charge in [-0.15, -0.1) is 0 Å². The SMILES string of the molecule is CCC(C)C(=O)N1CCN(c2ccccc2F)CC1. The number of para-hydroxylation sites is 1. The standard InChI is InChI=1S/C15H21FN2O/c1-3-12(2)15(19)18-10-8-17(9-11-18)14-7-5-4-6-13(14)16/h4-7,12H,3,8-11H2,1-2H3. The third-order valence-corrected chi connectivity index (χ3v) is 3.82. The molecule has 3 nitrogen and oxygen atoms in total. The normalized spacial score (nSPS) is 17.4. The Kier molecular flexibility index (Phi) is 4.40. The van der Waals surface area contributed by atoms with E-state index in [1.54, 1.807) is 12.1 Å². The van der Waals surface area contributed by atoms with Crippen LogP contribution >= 0.6 is 0 Å². The van der Waals surface area contributed by atoms with Gasteiger partial charge in [-0.2, -0.15) is 0 Å². The number of hydrogen-bond acceptors (Lipinski definition) is 2. The summed E-state index contributed by atoms with van der Waals surface area (Å²) in [6, 6.07) is 6.81. The molecule has 1 saturated heterocycles. The number of nitrogens with zero attached hydrogens (tertiary/aromatic N) is 2. The summed E-state index contributed by atoms with van der Waals surface area (Å²) in [5.41, 5.74) is 0.637. The Balaban J connectivity index is 1.96. The Bertz CT molecular complexity index is 442. The van der Waals surface area contributed by atoms with Crippen molar-refractivity contribution in [2.45, 2.75) is 20.3 Å². The topological polar surface area (TPSA) is 23.6 Å². The van der Waals surface area contributed by atoms with Gasteiger partial charge in [0.05, 0.1) is 5.69 Å². The zero-order chi connectivity index (χ0) is 13.8. The van der Waals surface area contributed by atoms with E-state index in [0.717, 1.165) is 6.42 Å². The summed E-state index contributed by atoms with van der Waals surface area (Å²) in [5, 5.41) is 0. The van der Waals surface area contributed by atoms with Crippen LogP contribution < -0.4 is 4.90 Å². The van der Waals surface area contributed by atoms with E-state index in [0.29, 0.717) is 31.9 Å². The van der Waals surface area contributed by atoms with Gasteiger partial charge in [0, 0.05) is 32.1 Å². The predicted molar refractivity (Wildman–Crippen MR) is 74.6 cm³/mol. The van der Waals surface area contributed by atoms with Crippen LogP contribution in [-0.4, -0.2) is 37.0 Å². The molecular weight excluding hydrogens is 243 g/mol. The zero-order valence-corrected chi connectivity index (χ0v) is 11.6. The lowest BCUT2D eigenvalue weighted by atomic mass is 10.1. The van der Waals surface area contributed by atoms with Crippen LogP contribution in [0.25, 0.3) is 0 Å². The highest BCUT2D eigenvalue weighted by atomic mass is 19.1. The largest absolute Gasteiger partial charge is 0.366 e. The summed E-state index contributed by atoms with van der Waals surface area (Å²) in [6.07, 6.45) is 0.867. The Labute approximate surface area is 114 Å². The average molecular weight is 264 g/mol. The van der Waals surface area contributed by atoms with Crippen molar-refractivity contribution >= 4 is 11.6 Å². The third-order valence-electron chi connectivity index (χ3n) is 3.82. The molecule has 4 heteroatoms. The second-order valence-electron chi connectivity index (χ2n) is 5.07. The second-order valence-corrected chi connectivity index (χ2v) is 5.07. The molecule has 1 unspecified atom stereocenters. The van der Waals surface area contributed by atoms with Crippen LogP contribution in [0, 0.1) is 11.7 Å². The van der Waals surface area contributed by atoms with Crippen LogP contribution in [0.5, 0.6) is 0 Å². The molecule has 104 valence electrons. The van der Waals surface area contributed by atoms with Crippen molar-refractivity contribution in [2.75, 3.05) is 31.1 Å². The fourth-order valence-corrected chi connectivity index (χ4v) is 2.36. The molecule has 0 N–H and O–H groups in total. The smallest absolute Gasteiger partial charge is 0.225 e. The Morgan fingerprint density at radius 2 is 1.89 bits per heavy atom. The minimum atomic E-state index is -0.191. The molecule has 1 aromatic rings. The van der Waals surface area contributed by atoms with Crippen molar-refractivity contribution in [1.29, 1.82) is 0 Å². The molecule has 0 spiro atoms. The quantitative estimate of drug-likeness (QED) is 0.837. The van der Waals surface area contributed by atoms with Gasteiger partial charge in [-0.3, -0.25) is 4.79 Å². The summed E-state index contributed by atoms with van der Waals surface area (Å²) >= 11 is 0.